The maximum Gasteiger partial charge on any atom is 0.417 e. The highest BCUT2D eigenvalue weighted by Gasteiger charge is 2.62. The summed E-state index contributed by atoms with van der Waals surface area (Å²) < 4.78 is 44.6. The number of likely N-dealkylation sites (tertiary alicyclic amines) is 1. The Labute approximate surface area is 163 Å². The number of urea groups is 1. The lowest BCUT2D eigenvalue weighted by Gasteiger charge is -2.34. The number of hydrogen-bond acceptors (Lipinski definition) is 5. The molecule has 0 saturated carbocycles. The fourth-order valence-corrected chi connectivity index (χ4v) is 4.39. The third kappa shape index (κ3) is 2.74. The second kappa shape index (κ2) is 6.45. The lowest BCUT2D eigenvalue weighted by atomic mass is 10.1. The van der Waals surface area contributed by atoms with Crippen molar-refractivity contribution in [1.29, 1.82) is 5.26 Å². The van der Waals surface area contributed by atoms with Crippen molar-refractivity contribution in [3.05, 3.63) is 29.3 Å². The minimum atomic E-state index is -4.81. The minimum Gasteiger partial charge on any atom is -0.375 e. The molecule has 3 aliphatic heterocycles. The third-order valence-electron chi connectivity index (χ3n) is 5.54. The molecule has 8 nitrogen and oxygen atoms in total. The molecule has 29 heavy (non-hydrogen) atoms. The van der Waals surface area contributed by atoms with Crippen molar-refractivity contribution < 1.29 is 32.3 Å². The predicted molar refractivity (Wildman–Crippen MR) is 90.5 cm³/mol. The molecule has 0 aliphatic carbocycles. The largest absolute Gasteiger partial charge is 0.417 e. The van der Waals surface area contributed by atoms with Gasteiger partial charge in [-0.25, -0.2) is 9.69 Å². The molecule has 3 atom stereocenters. The summed E-state index contributed by atoms with van der Waals surface area (Å²) in [5.41, 5.74) is -2.07. The number of alkyl halides is 3. The van der Waals surface area contributed by atoms with Gasteiger partial charge >= 0.3 is 12.2 Å². The first-order valence-corrected chi connectivity index (χ1v) is 8.75. The molecule has 0 spiro atoms. The van der Waals surface area contributed by atoms with Gasteiger partial charge in [0, 0.05) is 13.7 Å². The molecule has 152 valence electrons. The van der Waals surface area contributed by atoms with Gasteiger partial charge in [-0.15, -0.1) is 0 Å². The smallest absolute Gasteiger partial charge is 0.375 e. The van der Waals surface area contributed by atoms with Gasteiger partial charge in [-0.3, -0.25) is 9.59 Å². The van der Waals surface area contributed by atoms with E-state index in [1.807, 2.05) is 0 Å². The topological polar surface area (TPSA) is 94.0 Å². The maximum atomic E-state index is 13.3. The van der Waals surface area contributed by atoms with Crippen LogP contribution in [-0.2, 0) is 20.5 Å². The van der Waals surface area contributed by atoms with Crippen LogP contribution in [0.4, 0.5) is 23.7 Å². The van der Waals surface area contributed by atoms with Gasteiger partial charge in [0.2, 0.25) is 5.91 Å². The Morgan fingerprint density at radius 2 is 2.07 bits per heavy atom. The second-order valence-corrected chi connectivity index (χ2v) is 7.08. The molecule has 0 N–H and O–H groups in total. The van der Waals surface area contributed by atoms with E-state index in [4.69, 9.17) is 10.00 Å². The Morgan fingerprint density at radius 3 is 2.69 bits per heavy atom. The number of halogens is 3. The number of imide groups is 1. The highest BCUT2D eigenvalue weighted by molar-refractivity contribution is 6.22. The number of methoxy groups -OCH3 is 1. The first kappa shape index (κ1) is 19.2. The molecule has 0 aromatic heterocycles. The van der Waals surface area contributed by atoms with E-state index in [1.54, 1.807) is 0 Å². The molecule has 2 bridgehead atoms. The summed E-state index contributed by atoms with van der Waals surface area (Å²) in [6, 6.07) is 1.59. The number of amides is 4. The van der Waals surface area contributed by atoms with E-state index in [2.05, 4.69) is 0 Å². The number of benzene rings is 1. The number of nitrogens with zero attached hydrogens (tertiary/aromatic N) is 4. The van der Waals surface area contributed by atoms with Crippen LogP contribution in [0.3, 0.4) is 0 Å². The van der Waals surface area contributed by atoms with Crippen molar-refractivity contribution in [2.45, 2.75) is 30.7 Å². The van der Waals surface area contributed by atoms with Gasteiger partial charge in [0.05, 0.1) is 35.0 Å². The minimum absolute atomic E-state index is 0.160. The average Bonchev–Trinajstić information content (AvgIpc) is 3.32. The van der Waals surface area contributed by atoms with E-state index in [-0.39, 0.29) is 30.8 Å². The molecule has 4 rings (SSSR count). The molecule has 3 aliphatic rings. The molecule has 3 heterocycles. The normalized spacial score (nSPS) is 25.6. The summed E-state index contributed by atoms with van der Waals surface area (Å²) >= 11 is 0. The molecule has 0 unspecified atom stereocenters. The van der Waals surface area contributed by atoms with E-state index in [0.717, 1.165) is 12.1 Å². The zero-order valence-electron chi connectivity index (χ0n) is 15.1. The van der Waals surface area contributed by atoms with E-state index in [9.17, 15) is 27.6 Å². The number of rotatable bonds is 3. The van der Waals surface area contributed by atoms with Gasteiger partial charge in [0.1, 0.15) is 12.6 Å². The first-order valence-electron chi connectivity index (χ1n) is 8.75. The molecule has 1 aromatic carbocycles. The van der Waals surface area contributed by atoms with Crippen molar-refractivity contribution in [1.82, 2.24) is 9.80 Å². The Bertz CT molecular complexity index is 957. The van der Waals surface area contributed by atoms with Gasteiger partial charge in [-0.2, -0.15) is 18.4 Å². The van der Waals surface area contributed by atoms with Gasteiger partial charge in [-0.1, -0.05) is 0 Å². The Balaban J connectivity index is 1.68. The summed E-state index contributed by atoms with van der Waals surface area (Å²) in [7, 11) is 1.37. The summed E-state index contributed by atoms with van der Waals surface area (Å²) in [5, 5.41) is 8.92. The quantitative estimate of drug-likeness (QED) is 0.704. The lowest BCUT2D eigenvalue weighted by Crippen LogP contribution is -2.55. The molecule has 0 radical (unpaired) electrons. The number of piperazine rings is 1. The van der Waals surface area contributed by atoms with E-state index in [0.29, 0.717) is 17.4 Å². The fraction of sp³-hybridized carbons (Fsp3) is 0.444. The van der Waals surface area contributed by atoms with Crippen LogP contribution >= 0.6 is 0 Å². The molecular formula is C18H15F3N4O4. The number of ether oxygens (including phenoxy) is 1. The van der Waals surface area contributed by atoms with E-state index < -0.39 is 41.3 Å². The van der Waals surface area contributed by atoms with Crippen molar-refractivity contribution in [2.75, 3.05) is 25.2 Å². The number of anilines is 1. The second-order valence-electron chi connectivity index (χ2n) is 7.08. The summed E-state index contributed by atoms with van der Waals surface area (Å²) in [5.74, 6) is -0.994. The molecular weight excluding hydrogens is 393 g/mol. The van der Waals surface area contributed by atoms with Crippen LogP contribution in [0.25, 0.3) is 0 Å². The van der Waals surface area contributed by atoms with Crippen molar-refractivity contribution in [2.24, 2.45) is 0 Å². The van der Waals surface area contributed by atoms with Gasteiger partial charge < -0.3 is 14.5 Å². The van der Waals surface area contributed by atoms with Crippen LogP contribution in [-0.4, -0.2) is 66.0 Å². The van der Waals surface area contributed by atoms with E-state index in [1.165, 1.54) is 23.0 Å². The maximum absolute atomic E-state index is 13.3. The number of carbonyl (C=O) groups is 3. The van der Waals surface area contributed by atoms with Crippen LogP contribution < -0.4 is 4.90 Å². The van der Waals surface area contributed by atoms with Crippen LogP contribution in [0.5, 0.6) is 0 Å². The number of fused-ring (bicyclic) bond motifs is 5. The number of hydrogen-bond donors (Lipinski definition) is 0. The molecule has 4 amide bonds. The van der Waals surface area contributed by atoms with Crippen molar-refractivity contribution >= 4 is 23.5 Å². The van der Waals surface area contributed by atoms with Crippen molar-refractivity contribution in [3.8, 4) is 6.07 Å². The summed E-state index contributed by atoms with van der Waals surface area (Å²) in [4.78, 5) is 41.6. The van der Waals surface area contributed by atoms with E-state index >= 15 is 0 Å². The number of carbonyl (C=O) groups excluding carboxylic acids is 3. The van der Waals surface area contributed by atoms with Gasteiger partial charge in [0.25, 0.3) is 5.91 Å². The van der Waals surface area contributed by atoms with Crippen LogP contribution in [0.15, 0.2) is 18.2 Å². The fourth-order valence-electron chi connectivity index (χ4n) is 4.39. The highest BCUT2D eigenvalue weighted by atomic mass is 19.4. The lowest BCUT2D eigenvalue weighted by molar-refractivity contribution is -0.139. The SMILES string of the molecule is COCC(=O)N1C[C@@H]2C[C@H]1[C@@H]1C(=O)N(c3ccc(C#N)c(C(F)(F)F)c3)C(=O)N21. The standard InChI is InChI=1S/C18H15F3N4O4/c1-29-8-14(26)23-7-11-5-13(23)15-16(27)25(17(28)24(11)15)10-3-2-9(6-22)12(4-10)18(19,20)21/h2-4,11,13,15H,5,7-8H2,1H3/t11-,13-,15+/m0/s1. The monoisotopic (exact) mass is 408 g/mol. The zero-order valence-corrected chi connectivity index (χ0v) is 15.1. The highest BCUT2D eigenvalue weighted by Crippen LogP contribution is 2.43. The van der Waals surface area contributed by atoms with Crippen LogP contribution in [0, 0.1) is 11.3 Å². The molecule has 11 heteroatoms. The molecule has 3 saturated heterocycles. The van der Waals surface area contributed by atoms with Gasteiger partial charge in [0.15, 0.2) is 0 Å². The molecule has 3 fully saturated rings. The van der Waals surface area contributed by atoms with Crippen LogP contribution in [0.2, 0.25) is 0 Å². The van der Waals surface area contributed by atoms with Crippen LogP contribution in [0.1, 0.15) is 17.5 Å². The summed E-state index contributed by atoms with van der Waals surface area (Å²) in [6.45, 7) is 0.0871. The van der Waals surface area contributed by atoms with Crippen molar-refractivity contribution in [3.63, 3.8) is 0 Å². The Hall–Kier alpha value is -3.13. The number of nitriles is 1. The van der Waals surface area contributed by atoms with Gasteiger partial charge in [-0.05, 0) is 24.6 Å². The Morgan fingerprint density at radius 1 is 1.34 bits per heavy atom. The average molecular weight is 408 g/mol. The molecule has 1 aromatic rings. The predicted octanol–water partition coefficient (Wildman–Crippen LogP) is 1.34. The summed E-state index contributed by atoms with van der Waals surface area (Å²) in [6.07, 6.45) is -4.38. The third-order valence-corrected chi connectivity index (χ3v) is 5.54. The zero-order chi connectivity index (χ0) is 21.1. The Kier molecular flexibility index (Phi) is 4.27. The first-order chi connectivity index (χ1) is 13.7.